The highest BCUT2D eigenvalue weighted by Crippen LogP contribution is 2.27. The minimum Gasteiger partial charge on any atom is -0.492 e. The average Bonchev–Trinajstić information content (AvgIpc) is 3.31. The minimum atomic E-state index is -0.0316. The first kappa shape index (κ1) is 18.9. The monoisotopic (exact) mass is 392 g/mol. The summed E-state index contributed by atoms with van der Waals surface area (Å²) in [5.74, 6) is 2.35. The van der Waals surface area contributed by atoms with E-state index in [2.05, 4.69) is 25.2 Å². The minimum absolute atomic E-state index is 0.0316. The second-order valence-electron chi connectivity index (χ2n) is 6.88. The number of nitrogens with zero attached hydrogens (tertiary/aromatic N) is 5. The first-order chi connectivity index (χ1) is 14.2. The lowest BCUT2D eigenvalue weighted by Gasteiger charge is -2.32. The number of anilines is 2. The van der Waals surface area contributed by atoms with Crippen molar-refractivity contribution in [1.29, 1.82) is 0 Å². The van der Waals surface area contributed by atoms with E-state index in [1.54, 1.807) is 18.9 Å². The quantitative estimate of drug-likeness (QED) is 0.694. The van der Waals surface area contributed by atoms with Crippen molar-refractivity contribution in [3.63, 3.8) is 0 Å². The average molecular weight is 392 g/mol. The van der Waals surface area contributed by atoms with E-state index in [0.717, 1.165) is 43.3 Å². The summed E-state index contributed by atoms with van der Waals surface area (Å²) in [5.41, 5.74) is 0.725. The van der Waals surface area contributed by atoms with Gasteiger partial charge in [0.05, 0.1) is 12.3 Å². The van der Waals surface area contributed by atoms with Crippen LogP contribution in [-0.4, -0.2) is 45.1 Å². The molecule has 8 heteroatoms. The fourth-order valence-corrected chi connectivity index (χ4v) is 3.50. The number of ether oxygens (including phenoxy) is 1. The Labute approximate surface area is 169 Å². The largest absolute Gasteiger partial charge is 0.492 e. The van der Waals surface area contributed by atoms with Crippen LogP contribution in [0.2, 0.25) is 0 Å². The molecule has 1 N–H and O–H groups in total. The Morgan fingerprint density at radius 1 is 1.21 bits per heavy atom. The highest BCUT2D eigenvalue weighted by atomic mass is 16.5. The van der Waals surface area contributed by atoms with E-state index in [-0.39, 0.29) is 11.8 Å². The number of para-hydroxylation sites is 2. The van der Waals surface area contributed by atoms with E-state index in [4.69, 9.17) is 4.74 Å². The van der Waals surface area contributed by atoms with Gasteiger partial charge in [0.15, 0.2) is 0 Å². The Morgan fingerprint density at radius 3 is 2.76 bits per heavy atom. The van der Waals surface area contributed by atoms with Crippen LogP contribution in [0.15, 0.2) is 55.4 Å². The Morgan fingerprint density at radius 2 is 2.00 bits per heavy atom. The number of benzene rings is 1. The van der Waals surface area contributed by atoms with Crippen LogP contribution in [0.5, 0.6) is 5.75 Å². The van der Waals surface area contributed by atoms with E-state index in [1.807, 2.05) is 48.0 Å². The maximum atomic E-state index is 12.8. The number of nitrogens with one attached hydrogen (secondary N) is 1. The molecular weight excluding hydrogens is 368 g/mol. The second kappa shape index (κ2) is 8.72. The highest BCUT2D eigenvalue weighted by Gasteiger charge is 2.26. The van der Waals surface area contributed by atoms with Gasteiger partial charge >= 0.3 is 0 Å². The van der Waals surface area contributed by atoms with Crippen LogP contribution < -0.4 is 15.0 Å². The summed E-state index contributed by atoms with van der Waals surface area (Å²) in [4.78, 5) is 27.7. The smallest absolute Gasteiger partial charge is 0.227 e. The predicted octanol–water partition coefficient (Wildman–Crippen LogP) is 2.92. The van der Waals surface area contributed by atoms with Crippen molar-refractivity contribution < 1.29 is 9.53 Å². The molecule has 1 aliphatic heterocycles. The van der Waals surface area contributed by atoms with Crippen LogP contribution >= 0.6 is 0 Å². The Balaban J connectivity index is 1.37. The van der Waals surface area contributed by atoms with Gasteiger partial charge in [0.1, 0.15) is 30.0 Å². The molecule has 0 bridgehead atoms. The fourth-order valence-electron chi connectivity index (χ4n) is 3.50. The van der Waals surface area contributed by atoms with Crippen LogP contribution in [-0.2, 0) is 4.79 Å². The number of imidazole rings is 1. The Hall–Kier alpha value is -3.42. The number of aromatic nitrogens is 4. The van der Waals surface area contributed by atoms with Gasteiger partial charge in [-0.15, -0.1) is 0 Å². The van der Waals surface area contributed by atoms with Crippen molar-refractivity contribution in [3.05, 3.63) is 55.4 Å². The molecule has 0 radical (unpaired) electrons. The number of piperidine rings is 1. The molecule has 0 unspecified atom stereocenters. The summed E-state index contributed by atoms with van der Waals surface area (Å²) in [7, 11) is 0. The fraction of sp³-hybridized carbons (Fsp3) is 0.333. The molecule has 0 atom stereocenters. The van der Waals surface area contributed by atoms with Crippen LogP contribution in [0.25, 0.3) is 5.82 Å². The summed E-state index contributed by atoms with van der Waals surface area (Å²) in [6.07, 6.45) is 8.38. The van der Waals surface area contributed by atoms with Crippen molar-refractivity contribution in [3.8, 4) is 11.6 Å². The topological polar surface area (TPSA) is 85.2 Å². The molecule has 3 aromatic rings. The highest BCUT2D eigenvalue weighted by molar-refractivity contribution is 5.94. The molecule has 8 nitrogen and oxygen atoms in total. The van der Waals surface area contributed by atoms with E-state index in [9.17, 15) is 4.79 Å². The van der Waals surface area contributed by atoms with Crippen LogP contribution in [0.4, 0.5) is 11.5 Å². The van der Waals surface area contributed by atoms with Crippen molar-refractivity contribution >= 4 is 17.4 Å². The normalized spacial score (nSPS) is 14.6. The molecule has 150 valence electrons. The van der Waals surface area contributed by atoms with Crippen LogP contribution in [0, 0.1) is 5.92 Å². The molecule has 1 fully saturated rings. The van der Waals surface area contributed by atoms with Crippen LogP contribution in [0.1, 0.15) is 19.8 Å². The number of hydrogen-bond donors (Lipinski definition) is 1. The molecule has 1 aromatic carbocycles. The summed E-state index contributed by atoms with van der Waals surface area (Å²) < 4.78 is 7.45. The standard InChI is InChI=1S/C21H24N6O2/c1-2-29-18-6-4-3-5-17(18)25-21(28)16-7-10-26(11-8-16)19-13-20(24-14-23-19)27-12-9-22-15-27/h3-6,9,12-16H,2,7-8,10-11H2,1H3,(H,25,28). The van der Waals surface area contributed by atoms with E-state index >= 15 is 0 Å². The second-order valence-corrected chi connectivity index (χ2v) is 6.88. The van der Waals surface area contributed by atoms with Gasteiger partial charge in [-0.25, -0.2) is 15.0 Å². The van der Waals surface area contributed by atoms with Gasteiger partial charge in [-0.05, 0) is 31.9 Å². The predicted molar refractivity (Wildman–Crippen MR) is 110 cm³/mol. The maximum absolute atomic E-state index is 12.8. The molecule has 3 heterocycles. The Bertz CT molecular complexity index is 951. The number of hydrogen-bond acceptors (Lipinski definition) is 6. The molecule has 0 saturated carbocycles. The molecule has 0 aliphatic carbocycles. The van der Waals surface area contributed by atoms with E-state index in [1.165, 1.54) is 0 Å². The zero-order chi connectivity index (χ0) is 20.1. The number of carbonyl (C=O) groups is 1. The van der Waals surface area contributed by atoms with Crippen molar-refractivity contribution in [2.75, 3.05) is 29.9 Å². The summed E-state index contributed by atoms with van der Waals surface area (Å²) in [6.45, 7) is 4.03. The molecular formula is C21H24N6O2. The zero-order valence-electron chi connectivity index (χ0n) is 16.4. The van der Waals surface area contributed by atoms with Gasteiger partial charge in [-0.2, -0.15) is 0 Å². The van der Waals surface area contributed by atoms with Gasteiger partial charge < -0.3 is 15.0 Å². The molecule has 1 amide bonds. The summed E-state index contributed by atoms with van der Waals surface area (Å²) >= 11 is 0. The first-order valence-corrected chi connectivity index (χ1v) is 9.82. The van der Waals surface area contributed by atoms with Crippen molar-refractivity contribution in [2.45, 2.75) is 19.8 Å². The molecule has 4 rings (SSSR count). The molecule has 29 heavy (non-hydrogen) atoms. The van der Waals surface area contributed by atoms with Gasteiger partial charge in [0.25, 0.3) is 0 Å². The maximum Gasteiger partial charge on any atom is 0.227 e. The first-order valence-electron chi connectivity index (χ1n) is 9.82. The number of carbonyl (C=O) groups excluding carboxylic acids is 1. The van der Waals surface area contributed by atoms with Crippen molar-refractivity contribution in [2.24, 2.45) is 5.92 Å². The van der Waals surface area contributed by atoms with E-state index in [0.29, 0.717) is 12.4 Å². The molecule has 1 aliphatic rings. The Kier molecular flexibility index (Phi) is 5.69. The SMILES string of the molecule is CCOc1ccccc1NC(=O)C1CCN(c2cc(-n3ccnc3)ncn2)CC1. The lowest BCUT2D eigenvalue weighted by Crippen LogP contribution is -2.38. The van der Waals surface area contributed by atoms with Gasteiger partial charge in [-0.3, -0.25) is 9.36 Å². The van der Waals surface area contributed by atoms with Gasteiger partial charge in [0.2, 0.25) is 5.91 Å². The molecule has 0 spiro atoms. The third-order valence-corrected chi connectivity index (χ3v) is 5.04. The summed E-state index contributed by atoms with van der Waals surface area (Å²) in [5, 5.41) is 3.03. The van der Waals surface area contributed by atoms with E-state index < -0.39 is 0 Å². The summed E-state index contributed by atoms with van der Waals surface area (Å²) in [6, 6.07) is 9.48. The third kappa shape index (κ3) is 4.37. The zero-order valence-corrected chi connectivity index (χ0v) is 16.4. The lowest BCUT2D eigenvalue weighted by molar-refractivity contribution is -0.120. The number of amides is 1. The van der Waals surface area contributed by atoms with Crippen molar-refractivity contribution in [1.82, 2.24) is 19.5 Å². The third-order valence-electron chi connectivity index (χ3n) is 5.04. The molecule has 2 aromatic heterocycles. The number of rotatable bonds is 6. The van der Waals surface area contributed by atoms with Crippen LogP contribution in [0.3, 0.4) is 0 Å². The lowest BCUT2D eigenvalue weighted by atomic mass is 9.95. The van der Waals surface area contributed by atoms with Gasteiger partial charge in [-0.1, -0.05) is 12.1 Å². The van der Waals surface area contributed by atoms with Gasteiger partial charge in [0, 0.05) is 37.5 Å². The molecule has 1 saturated heterocycles.